The summed E-state index contributed by atoms with van der Waals surface area (Å²) in [7, 11) is 0. The molecule has 0 atom stereocenters. The third kappa shape index (κ3) is 2.63. The van der Waals surface area contributed by atoms with E-state index in [9.17, 15) is 0 Å². The van der Waals surface area contributed by atoms with Crippen LogP contribution in [0.3, 0.4) is 0 Å². The zero-order chi connectivity index (χ0) is 16.8. The van der Waals surface area contributed by atoms with Gasteiger partial charge in [0.1, 0.15) is 16.2 Å². The highest BCUT2D eigenvalue weighted by Gasteiger charge is 2.22. The molecule has 3 heterocycles. The molecule has 1 aliphatic carbocycles. The number of hydrogen-bond donors (Lipinski definition) is 0. The van der Waals surface area contributed by atoms with Crippen molar-refractivity contribution in [1.82, 2.24) is 20.2 Å². The van der Waals surface area contributed by atoms with Gasteiger partial charge in [-0.15, -0.1) is 21.5 Å². The lowest BCUT2D eigenvalue weighted by molar-refractivity contribution is 0.465. The van der Waals surface area contributed by atoms with E-state index in [4.69, 9.17) is 4.42 Å². The molecule has 0 unspecified atom stereocenters. The number of benzene rings is 1. The van der Waals surface area contributed by atoms with Crippen LogP contribution in [0.25, 0.3) is 21.7 Å². The molecule has 1 aliphatic rings. The smallest absolute Gasteiger partial charge is 0.283 e. The van der Waals surface area contributed by atoms with E-state index < -0.39 is 0 Å². The maximum atomic E-state index is 5.84. The van der Waals surface area contributed by atoms with Gasteiger partial charge in [0.15, 0.2) is 0 Å². The monoisotopic (exact) mass is 366 g/mol. The Bertz CT molecular complexity index is 1070. The molecule has 0 radical (unpaired) electrons. The number of aryl methyl sites for hydroxylation is 3. The average Bonchev–Trinajstić information content (AvgIpc) is 3.31. The zero-order valence-electron chi connectivity index (χ0n) is 13.5. The Balaban J connectivity index is 1.50. The summed E-state index contributed by atoms with van der Waals surface area (Å²) in [6.07, 6.45) is 5.09. The number of fused-ring (bicyclic) bond motifs is 3. The number of nitrogens with zero attached hydrogens (tertiary/aromatic N) is 4. The molecule has 25 heavy (non-hydrogen) atoms. The molecule has 0 saturated heterocycles. The molecule has 0 fully saturated rings. The standard InChI is InChI=1S/C18H14N4OS2/c1-10-5-7-11(8-6-10)15-21-22-18(23-15)25-17-14-12-3-2-4-13(12)24-16(14)19-9-20-17/h5-9H,2-4H2,1H3. The molecule has 0 N–H and O–H groups in total. The van der Waals surface area contributed by atoms with Crippen molar-refractivity contribution in [1.29, 1.82) is 0 Å². The zero-order valence-corrected chi connectivity index (χ0v) is 15.2. The fraction of sp³-hybridized carbons (Fsp3) is 0.222. The molecule has 0 saturated carbocycles. The maximum Gasteiger partial charge on any atom is 0.283 e. The fourth-order valence-corrected chi connectivity index (χ4v) is 5.21. The fourth-order valence-electron chi connectivity index (χ4n) is 3.12. The van der Waals surface area contributed by atoms with E-state index in [1.165, 1.54) is 39.6 Å². The first-order valence-corrected chi connectivity index (χ1v) is 9.75. The van der Waals surface area contributed by atoms with Crippen LogP contribution in [0.2, 0.25) is 0 Å². The van der Waals surface area contributed by atoms with Gasteiger partial charge < -0.3 is 4.42 Å². The quantitative estimate of drug-likeness (QED) is 0.490. The molecule has 7 heteroatoms. The second-order valence-electron chi connectivity index (χ2n) is 6.06. The molecular formula is C18H14N4OS2. The van der Waals surface area contributed by atoms with Crippen molar-refractivity contribution in [2.75, 3.05) is 0 Å². The SMILES string of the molecule is Cc1ccc(-c2nnc(Sc3ncnc4sc5c(c34)CCC5)o2)cc1. The molecule has 0 aliphatic heterocycles. The van der Waals surface area contributed by atoms with Gasteiger partial charge in [0.25, 0.3) is 5.22 Å². The van der Waals surface area contributed by atoms with Crippen molar-refractivity contribution in [2.45, 2.75) is 36.4 Å². The van der Waals surface area contributed by atoms with Crippen molar-refractivity contribution in [3.05, 3.63) is 46.6 Å². The predicted molar refractivity (Wildman–Crippen MR) is 98.0 cm³/mol. The van der Waals surface area contributed by atoms with Crippen LogP contribution in [-0.4, -0.2) is 20.2 Å². The summed E-state index contributed by atoms with van der Waals surface area (Å²) in [6.45, 7) is 2.05. The minimum atomic E-state index is 0.508. The van der Waals surface area contributed by atoms with Gasteiger partial charge >= 0.3 is 0 Å². The number of aromatic nitrogens is 4. The first-order valence-electron chi connectivity index (χ1n) is 8.11. The van der Waals surface area contributed by atoms with E-state index >= 15 is 0 Å². The molecule has 0 spiro atoms. The van der Waals surface area contributed by atoms with Crippen LogP contribution < -0.4 is 0 Å². The Kier molecular flexibility index (Phi) is 3.57. The van der Waals surface area contributed by atoms with Crippen molar-refractivity contribution in [3.8, 4) is 11.5 Å². The van der Waals surface area contributed by atoms with Gasteiger partial charge in [-0.05, 0) is 55.6 Å². The summed E-state index contributed by atoms with van der Waals surface area (Å²) in [6, 6.07) is 8.06. The van der Waals surface area contributed by atoms with E-state index in [2.05, 4.69) is 27.1 Å². The third-order valence-electron chi connectivity index (χ3n) is 4.36. The normalized spacial score (nSPS) is 13.5. The van der Waals surface area contributed by atoms with Gasteiger partial charge in [0.05, 0.1) is 0 Å². The molecular weight excluding hydrogens is 352 g/mol. The Labute approximate surface area is 152 Å². The first kappa shape index (κ1) is 15.0. The summed E-state index contributed by atoms with van der Waals surface area (Å²) in [5.74, 6) is 0.531. The molecule has 0 bridgehead atoms. The molecule has 3 aromatic heterocycles. The van der Waals surface area contributed by atoms with Gasteiger partial charge in [0, 0.05) is 15.8 Å². The minimum absolute atomic E-state index is 0.508. The third-order valence-corrected chi connectivity index (χ3v) is 6.40. The van der Waals surface area contributed by atoms with E-state index in [1.807, 2.05) is 24.3 Å². The van der Waals surface area contributed by atoms with Crippen molar-refractivity contribution in [2.24, 2.45) is 0 Å². The highest BCUT2D eigenvalue weighted by atomic mass is 32.2. The molecule has 0 amide bonds. The van der Waals surface area contributed by atoms with E-state index in [0.29, 0.717) is 11.1 Å². The van der Waals surface area contributed by atoms with Gasteiger partial charge in [-0.3, -0.25) is 0 Å². The van der Waals surface area contributed by atoms with Gasteiger partial charge in [0.2, 0.25) is 5.89 Å². The molecule has 4 aromatic rings. The van der Waals surface area contributed by atoms with E-state index in [0.717, 1.165) is 28.3 Å². The van der Waals surface area contributed by atoms with Crippen LogP contribution in [0.15, 0.2) is 45.3 Å². The van der Waals surface area contributed by atoms with Crippen LogP contribution in [0.4, 0.5) is 0 Å². The van der Waals surface area contributed by atoms with Crippen LogP contribution in [0.5, 0.6) is 0 Å². The molecule has 1 aromatic carbocycles. The Morgan fingerprint density at radius 3 is 2.84 bits per heavy atom. The maximum absolute atomic E-state index is 5.84. The lowest BCUT2D eigenvalue weighted by atomic mass is 10.1. The number of rotatable bonds is 3. The lowest BCUT2D eigenvalue weighted by Crippen LogP contribution is -1.87. The van der Waals surface area contributed by atoms with E-state index in [-0.39, 0.29) is 0 Å². The average molecular weight is 366 g/mol. The van der Waals surface area contributed by atoms with Crippen molar-refractivity contribution >= 4 is 33.3 Å². The summed E-state index contributed by atoms with van der Waals surface area (Å²) in [5.41, 5.74) is 3.53. The second kappa shape index (κ2) is 5.93. The summed E-state index contributed by atoms with van der Waals surface area (Å²) in [5, 5.41) is 10.9. The van der Waals surface area contributed by atoms with Gasteiger partial charge in [-0.25, -0.2) is 9.97 Å². The Hall–Kier alpha value is -2.25. The molecule has 5 nitrogen and oxygen atoms in total. The topological polar surface area (TPSA) is 64.7 Å². The largest absolute Gasteiger partial charge is 0.411 e. The lowest BCUT2D eigenvalue weighted by Gasteiger charge is -2.00. The second-order valence-corrected chi connectivity index (χ2v) is 8.08. The van der Waals surface area contributed by atoms with Crippen molar-refractivity contribution in [3.63, 3.8) is 0 Å². The highest BCUT2D eigenvalue weighted by molar-refractivity contribution is 7.99. The van der Waals surface area contributed by atoms with Gasteiger partial charge in [-0.1, -0.05) is 17.7 Å². The summed E-state index contributed by atoms with van der Waals surface area (Å²) < 4.78 is 5.84. The van der Waals surface area contributed by atoms with E-state index in [1.54, 1.807) is 17.7 Å². The highest BCUT2D eigenvalue weighted by Crippen LogP contribution is 2.41. The predicted octanol–water partition coefficient (Wildman–Crippen LogP) is 4.69. The van der Waals surface area contributed by atoms with Crippen LogP contribution in [0.1, 0.15) is 22.4 Å². The first-order chi connectivity index (χ1) is 12.3. The Morgan fingerprint density at radius 1 is 1.08 bits per heavy atom. The summed E-state index contributed by atoms with van der Waals surface area (Å²) in [4.78, 5) is 11.4. The molecule has 124 valence electrons. The minimum Gasteiger partial charge on any atom is -0.411 e. The number of hydrogen-bond acceptors (Lipinski definition) is 7. The van der Waals surface area contributed by atoms with Crippen LogP contribution in [0, 0.1) is 6.92 Å². The van der Waals surface area contributed by atoms with Crippen molar-refractivity contribution < 1.29 is 4.42 Å². The summed E-state index contributed by atoms with van der Waals surface area (Å²) >= 11 is 3.21. The number of thiophene rings is 1. The van der Waals surface area contributed by atoms with Crippen LogP contribution >= 0.6 is 23.1 Å². The Morgan fingerprint density at radius 2 is 1.96 bits per heavy atom. The van der Waals surface area contributed by atoms with Gasteiger partial charge in [-0.2, -0.15) is 0 Å². The van der Waals surface area contributed by atoms with Crippen LogP contribution in [-0.2, 0) is 12.8 Å². The molecule has 5 rings (SSSR count).